The second-order valence-electron chi connectivity index (χ2n) is 4.88. The molecular formula is C14H20ClN3OS. The maximum Gasteiger partial charge on any atom is 0.287 e. The summed E-state index contributed by atoms with van der Waals surface area (Å²) in [6.07, 6.45) is 6.71. The van der Waals surface area contributed by atoms with Gasteiger partial charge in [-0.25, -0.2) is 4.68 Å². The van der Waals surface area contributed by atoms with Gasteiger partial charge in [0, 0.05) is 11.3 Å². The molecule has 1 aliphatic rings. The van der Waals surface area contributed by atoms with E-state index in [9.17, 15) is 4.79 Å². The van der Waals surface area contributed by atoms with Gasteiger partial charge in [-0.15, -0.1) is 6.58 Å². The van der Waals surface area contributed by atoms with Gasteiger partial charge in [-0.3, -0.25) is 4.79 Å². The van der Waals surface area contributed by atoms with Crippen LogP contribution in [0.1, 0.15) is 26.2 Å². The standard InChI is InChI=1S/C14H20ClN3OS/c1-3-7-18-14(19)13(15)12(9-16-18)17-10-5-6-11(8-10)20-4-2/h3,9-11,17H,1,4-8H2,2H3. The third-order valence-electron chi connectivity index (χ3n) is 3.43. The molecule has 0 aliphatic heterocycles. The Hall–Kier alpha value is -0.940. The van der Waals surface area contributed by atoms with E-state index in [2.05, 4.69) is 23.9 Å². The van der Waals surface area contributed by atoms with Crippen LogP contribution >= 0.6 is 23.4 Å². The summed E-state index contributed by atoms with van der Waals surface area (Å²) in [6, 6.07) is 0.382. The van der Waals surface area contributed by atoms with E-state index in [4.69, 9.17) is 11.6 Å². The summed E-state index contributed by atoms with van der Waals surface area (Å²) in [4.78, 5) is 12.0. The highest BCUT2D eigenvalue weighted by molar-refractivity contribution is 7.99. The lowest BCUT2D eigenvalue weighted by Crippen LogP contribution is -2.25. The molecule has 110 valence electrons. The van der Waals surface area contributed by atoms with Gasteiger partial charge in [0.2, 0.25) is 0 Å². The van der Waals surface area contributed by atoms with Crippen LogP contribution in [0.5, 0.6) is 0 Å². The predicted octanol–water partition coefficient (Wildman–Crippen LogP) is 3.17. The summed E-state index contributed by atoms with van der Waals surface area (Å²) in [5, 5.41) is 8.40. The normalized spacial score (nSPS) is 21.9. The molecule has 1 fully saturated rings. The Bertz CT molecular complexity index is 532. The molecule has 1 aliphatic carbocycles. The van der Waals surface area contributed by atoms with Gasteiger partial charge in [0.15, 0.2) is 0 Å². The van der Waals surface area contributed by atoms with Crippen LogP contribution in [0.4, 0.5) is 5.69 Å². The van der Waals surface area contributed by atoms with E-state index >= 15 is 0 Å². The maximum atomic E-state index is 12.0. The fraction of sp³-hybridized carbons (Fsp3) is 0.571. The van der Waals surface area contributed by atoms with Gasteiger partial charge in [0.05, 0.1) is 18.4 Å². The highest BCUT2D eigenvalue weighted by Crippen LogP contribution is 2.32. The number of rotatable bonds is 6. The van der Waals surface area contributed by atoms with E-state index < -0.39 is 0 Å². The lowest BCUT2D eigenvalue weighted by atomic mass is 10.2. The molecule has 6 heteroatoms. The zero-order valence-corrected chi connectivity index (χ0v) is 13.2. The Labute approximate surface area is 128 Å². The lowest BCUT2D eigenvalue weighted by molar-refractivity contribution is 0.650. The molecule has 1 heterocycles. The second kappa shape index (κ2) is 7.18. The van der Waals surface area contributed by atoms with E-state index in [1.54, 1.807) is 12.3 Å². The maximum absolute atomic E-state index is 12.0. The Balaban J connectivity index is 2.05. The first-order valence-electron chi connectivity index (χ1n) is 6.90. The van der Waals surface area contributed by atoms with Gasteiger partial charge in [0.25, 0.3) is 5.56 Å². The summed E-state index contributed by atoms with van der Waals surface area (Å²) in [5.41, 5.74) is 0.373. The van der Waals surface area contributed by atoms with Crippen molar-refractivity contribution in [3.05, 3.63) is 34.2 Å². The largest absolute Gasteiger partial charge is 0.380 e. The molecule has 2 unspecified atom stereocenters. The van der Waals surface area contributed by atoms with E-state index in [1.807, 2.05) is 11.8 Å². The molecule has 2 rings (SSSR count). The molecule has 0 aromatic carbocycles. The quantitative estimate of drug-likeness (QED) is 0.819. The average molecular weight is 314 g/mol. The van der Waals surface area contributed by atoms with Gasteiger partial charge in [0.1, 0.15) is 5.02 Å². The molecule has 1 saturated carbocycles. The summed E-state index contributed by atoms with van der Waals surface area (Å²) in [6.45, 7) is 6.16. The average Bonchev–Trinajstić information content (AvgIpc) is 2.86. The molecule has 1 aromatic heterocycles. The van der Waals surface area contributed by atoms with Crippen LogP contribution in [-0.4, -0.2) is 26.8 Å². The minimum atomic E-state index is -0.269. The summed E-state index contributed by atoms with van der Waals surface area (Å²) in [5.74, 6) is 1.15. The first-order chi connectivity index (χ1) is 9.65. The molecule has 0 spiro atoms. The molecular weight excluding hydrogens is 294 g/mol. The van der Waals surface area contributed by atoms with Crippen molar-refractivity contribution in [2.45, 2.75) is 44.0 Å². The zero-order valence-electron chi connectivity index (χ0n) is 11.6. The van der Waals surface area contributed by atoms with Gasteiger partial charge in [-0.2, -0.15) is 16.9 Å². The van der Waals surface area contributed by atoms with E-state index in [-0.39, 0.29) is 10.6 Å². The van der Waals surface area contributed by atoms with E-state index in [0.717, 1.165) is 18.6 Å². The van der Waals surface area contributed by atoms with Crippen LogP contribution in [0.15, 0.2) is 23.6 Å². The van der Waals surface area contributed by atoms with Crippen molar-refractivity contribution in [1.29, 1.82) is 0 Å². The van der Waals surface area contributed by atoms with Gasteiger partial charge in [-0.05, 0) is 25.0 Å². The molecule has 2 atom stereocenters. The highest BCUT2D eigenvalue weighted by Gasteiger charge is 2.25. The van der Waals surface area contributed by atoms with Crippen LogP contribution < -0.4 is 10.9 Å². The van der Waals surface area contributed by atoms with E-state index in [1.165, 1.54) is 11.1 Å². The number of thioether (sulfide) groups is 1. The first-order valence-corrected chi connectivity index (χ1v) is 8.33. The van der Waals surface area contributed by atoms with Crippen LogP contribution in [0.2, 0.25) is 5.02 Å². The smallest absolute Gasteiger partial charge is 0.287 e. The SMILES string of the molecule is C=CCn1ncc(NC2CCC(SCC)C2)c(Cl)c1=O. The fourth-order valence-electron chi connectivity index (χ4n) is 2.50. The number of allylic oxidation sites excluding steroid dienone is 1. The van der Waals surface area contributed by atoms with Crippen LogP contribution in [0.25, 0.3) is 0 Å². The Kier molecular flexibility index (Phi) is 5.54. The first kappa shape index (κ1) is 15.4. The van der Waals surface area contributed by atoms with Crippen molar-refractivity contribution in [2.75, 3.05) is 11.1 Å². The summed E-state index contributed by atoms with van der Waals surface area (Å²) < 4.78 is 1.31. The molecule has 1 N–H and O–H groups in total. The second-order valence-corrected chi connectivity index (χ2v) is 6.84. The predicted molar refractivity (Wildman–Crippen MR) is 86.9 cm³/mol. The summed E-state index contributed by atoms with van der Waals surface area (Å²) >= 11 is 8.14. The number of halogens is 1. The number of aromatic nitrogens is 2. The van der Waals surface area contributed by atoms with Crippen molar-refractivity contribution in [2.24, 2.45) is 0 Å². The third kappa shape index (κ3) is 3.58. The van der Waals surface area contributed by atoms with Crippen LogP contribution in [-0.2, 0) is 6.54 Å². The molecule has 0 amide bonds. The molecule has 20 heavy (non-hydrogen) atoms. The molecule has 0 bridgehead atoms. The Morgan fingerprint density at radius 3 is 3.15 bits per heavy atom. The third-order valence-corrected chi connectivity index (χ3v) is 5.03. The lowest BCUT2D eigenvalue weighted by Gasteiger charge is -2.15. The summed E-state index contributed by atoms with van der Waals surface area (Å²) in [7, 11) is 0. The highest BCUT2D eigenvalue weighted by atomic mass is 35.5. The van der Waals surface area contributed by atoms with Crippen molar-refractivity contribution in [3.63, 3.8) is 0 Å². The van der Waals surface area contributed by atoms with Gasteiger partial charge < -0.3 is 5.32 Å². The van der Waals surface area contributed by atoms with Crippen LogP contribution in [0, 0.1) is 0 Å². The minimum Gasteiger partial charge on any atom is -0.380 e. The van der Waals surface area contributed by atoms with Gasteiger partial charge >= 0.3 is 0 Å². The Morgan fingerprint density at radius 1 is 1.65 bits per heavy atom. The number of anilines is 1. The van der Waals surface area contributed by atoms with Crippen molar-refractivity contribution in [3.8, 4) is 0 Å². The zero-order chi connectivity index (χ0) is 14.5. The van der Waals surface area contributed by atoms with E-state index in [0.29, 0.717) is 23.5 Å². The van der Waals surface area contributed by atoms with Crippen molar-refractivity contribution < 1.29 is 0 Å². The molecule has 0 saturated heterocycles. The minimum absolute atomic E-state index is 0.216. The van der Waals surface area contributed by atoms with Crippen molar-refractivity contribution >= 4 is 29.1 Å². The number of hydrogen-bond donors (Lipinski definition) is 1. The topological polar surface area (TPSA) is 46.9 Å². The van der Waals surface area contributed by atoms with Crippen molar-refractivity contribution in [1.82, 2.24) is 9.78 Å². The van der Waals surface area contributed by atoms with Gasteiger partial charge in [-0.1, -0.05) is 24.6 Å². The Morgan fingerprint density at radius 2 is 2.45 bits per heavy atom. The molecule has 4 nitrogen and oxygen atoms in total. The fourth-order valence-corrected chi connectivity index (χ4v) is 3.84. The number of nitrogens with one attached hydrogen (secondary N) is 1. The monoisotopic (exact) mass is 313 g/mol. The molecule has 0 radical (unpaired) electrons. The number of nitrogens with zero attached hydrogens (tertiary/aromatic N) is 2. The molecule has 1 aromatic rings. The van der Waals surface area contributed by atoms with Crippen LogP contribution in [0.3, 0.4) is 0 Å². The number of hydrogen-bond acceptors (Lipinski definition) is 4.